The quantitative estimate of drug-likeness (QED) is 0.142. The molecule has 0 heterocycles. The van der Waals surface area contributed by atoms with E-state index in [9.17, 15) is 14.4 Å². The molecule has 5 rings (SSSR count). The second kappa shape index (κ2) is 19.7. The minimum Gasteiger partial charge on any atom is -0.380 e. The fraction of sp³-hybridized carbons (Fsp3) is 0.244. The van der Waals surface area contributed by atoms with Crippen molar-refractivity contribution in [1.29, 1.82) is 0 Å². The highest BCUT2D eigenvalue weighted by atomic mass is 16.5. The van der Waals surface area contributed by atoms with Crippen molar-refractivity contribution in [3.63, 3.8) is 0 Å². The number of ether oxygens (including phenoxy) is 3. The van der Waals surface area contributed by atoms with E-state index in [1.165, 1.54) is 0 Å². The Labute approximate surface area is 279 Å². The molecule has 0 aliphatic heterocycles. The van der Waals surface area contributed by atoms with Crippen molar-refractivity contribution in [3.8, 4) is 11.1 Å². The normalized spacial score (nSPS) is 10.1. The van der Waals surface area contributed by atoms with Crippen LogP contribution in [0.5, 0.6) is 0 Å². The van der Waals surface area contributed by atoms with Crippen molar-refractivity contribution in [2.75, 3.05) is 21.3 Å². The Hall–Kier alpha value is -4.75. The summed E-state index contributed by atoms with van der Waals surface area (Å²) in [6.07, 6.45) is 0. The fourth-order valence-corrected chi connectivity index (χ4v) is 4.63. The molecule has 47 heavy (non-hydrogen) atoms. The average Bonchev–Trinajstić information content (AvgIpc) is 3.06. The molecular formula is C41H46O6. The maximum Gasteiger partial charge on any atom is 0.159 e. The van der Waals surface area contributed by atoms with Gasteiger partial charge in [0.25, 0.3) is 0 Å². The third-order valence-corrected chi connectivity index (χ3v) is 7.18. The average molecular weight is 635 g/mol. The number of benzene rings is 5. The lowest BCUT2D eigenvalue weighted by molar-refractivity contribution is 0.100. The Kier molecular flexibility index (Phi) is 16.1. The molecule has 0 atom stereocenters. The summed E-state index contributed by atoms with van der Waals surface area (Å²) in [6.45, 7) is 6.56. The van der Waals surface area contributed by atoms with Crippen molar-refractivity contribution in [2.24, 2.45) is 0 Å². The van der Waals surface area contributed by atoms with E-state index in [0.717, 1.165) is 55.3 Å². The molecule has 6 nitrogen and oxygen atoms in total. The number of carbonyl (C=O) groups is 3. The van der Waals surface area contributed by atoms with Crippen molar-refractivity contribution in [1.82, 2.24) is 0 Å². The largest absolute Gasteiger partial charge is 0.380 e. The van der Waals surface area contributed by atoms with Gasteiger partial charge in [-0.15, -0.1) is 0 Å². The molecule has 0 bridgehead atoms. The minimum atomic E-state index is 0. The number of rotatable bonds is 10. The number of hydrogen-bond acceptors (Lipinski definition) is 6. The van der Waals surface area contributed by atoms with Gasteiger partial charge in [-0.05, 0) is 71.5 Å². The van der Waals surface area contributed by atoms with Crippen LogP contribution in [0.4, 0.5) is 0 Å². The van der Waals surface area contributed by atoms with E-state index in [2.05, 4.69) is 30.3 Å². The van der Waals surface area contributed by atoms with E-state index in [1.807, 2.05) is 78.9 Å². The van der Waals surface area contributed by atoms with Gasteiger partial charge in [-0.3, -0.25) is 14.4 Å². The van der Waals surface area contributed by atoms with Crippen LogP contribution in [0.2, 0.25) is 0 Å². The van der Waals surface area contributed by atoms with Crippen molar-refractivity contribution >= 4 is 28.1 Å². The van der Waals surface area contributed by atoms with Crippen LogP contribution in [0.1, 0.15) is 76.0 Å². The molecule has 246 valence electrons. The molecule has 0 radical (unpaired) electrons. The summed E-state index contributed by atoms with van der Waals surface area (Å²) in [5, 5.41) is 2.23. The maximum atomic E-state index is 11.2. The molecule has 6 heteroatoms. The molecule has 0 N–H and O–H groups in total. The highest BCUT2D eigenvalue weighted by molar-refractivity contribution is 5.98. The third-order valence-electron chi connectivity index (χ3n) is 7.18. The van der Waals surface area contributed by atoms with Gasteiger partial charge in [0.2, 0.25) is 0 Å². The topological polar surface area (TPSA) is 78.9 Å². The van der Waals surface area contributed by atoms with Gasteiger partial charge in [-0.1, -0.05) is 104 Å². The Morgan fingerprint density at radius 1 is 0.426 bits per heavy atom. The molecule has 0 aromatic heterocycles. The molecule has 0 unspecified atom stereocenters. The number of ketones is 3. The molecule has 0 saturated heterocycles. The summed E-state index contributed by atoms with van der Waals surface area (Å²) < 4.78 is 15.1. The number of hydrogen-bond donors (Lipinski definition) is 0. The number of Topliss-reactive ketones (excluding diaryl/α,β-unsaturated/α-hetero) is 3. The molecule has 0 fully saturated rings. The summed E-state index contributed by atoms with van der Waals surface area (Å²) in [5.41, 5.74) is 7.89. The van der Waals surface area contributed by atoms with Crippen LogP contribution in [0, 0.1) is 0 Å². The lowest BCUT2D eigenvalue weighted by Gasteiger charge is -2.04. The molecule has 0 saturated carbocycles. The van der Waals surface area contributed by atoms with Gasteiger partial charge >= 0.3 is 0 Å². The molecule has 5 aromatic rings. The van der Waals surface area contributed by atoms with Gasteiger partial charge in [0.15, 0.2) is 17.3 Å². The van der Waals surface area contributed by atoms with Crippen LogP contribution in [-0.4, -0.2) is 38.7 Å². The van der Waals surface area contributed by atoms with E-state index in [0.29, 0.717) is 19.8 Å². The third kappa shape index (κ3) is 12.2. The summed E-state index contributed by atoms with van der Waals surface area (Å²) in [7, 11) is 5.02. The molecule has 5 aromatic carbocycles. The summed E-state index contributed by atoms with van der Waals surface area (Å²) in [5.74, 6) is 0.291. The first-order chi connectivity index (χ1) is 22.1. The molecular weight excluding hydrogens is 588 g/mol. The summed E-state index contributed by atoms with van der Waals surface area (Å²) in [6, 6.07) is 35.2. The number of methoxy groups -OCH3 is 3. The van der Waals surface area contributed by atoms with Crippen LogP contribution < -0.4 is 0 Å². The van der Waals surface area contributed by atoms with Gasteiger partial charge in [0.05, 0.1) is 19.8 Å². The smallest absolute Gasteiger partial charge is 0.159 e. The first-order valence-corrected chi connectivity index (χ1v) is 15.0. The minimum absolute atomic E-state index is 0. The number of fused-ring (bicyclic) bond motifs is 1. The number of carbonyl (C=O) groups excluding carboxylic acids is 3. The predicted octanol–water partition coefficient (Wildman–Crippen LogP) is 9.56. The standard InChI is InChI=1S/C16H16O2.C14H14O2.C10H12O2.CH4/c1-12(17)14-7-9-16(10-8-14)15-5-3-13(4-6-15)11-18-2;1-10(15)12-5-6-13-7-11(9-16-2)3-4-14(13)8-12;1-8(11)10-5-3-9(4-6-10)7-12-2;/h3-10H,11H2,1-2H3;3-8H,9H2,1-2H3;3-6H,7H2,1-2H3;1H4. The van der Waals surface area contributed by atoms with Crippen LogP contribution >= 0.6 is 0 Å². The van der Waals surface area contributed by atoms with Gasteiger partial charge in [-0.2, -0.15) is 0 Å². The second-order valence-electron chi connectivity index (χ2n) is 10.8. The van der Waals surface area contributed by atoms with E-state index >= 15 is 0 Å². The lowest BCUT2D eigenvalue weighted by Crippen LogP contribution is -1.93. The highest BCUT2D eigenvalue weighted by Crippen LogP contribution is 2.21. The van der Waals surface area contributed by atoms with Gasteiger partial charge in [-0.25, -0.2) is 0 Å². The summed E-state index contributed by atoms with van der Waals surface area (Å²) >= 11 is 0. The van der Waals surface area contributed by atoms with Crippen LogP contribution in [0.15, 0.2) is 109 Å². The first-order valence-electron chi connectivity index (χ1n) is 15.0. The molecule has 0 aliphatic carbocycles. The molecule has 0 aliphatic rings. The fourth-order valence-electron chi connectivity index (χ4n) is 4.63. The van der Waals surface area contributed by atoms with Gasteiger partial charge in [0, 0.05) is 38.0 Å². The maximum absolute atomic E-state index is 11.2. The van der Waals surface area contributed by atoms with Crippen LogP contribution in [-0.2, 0) is 34.0 Å². The van der Waals surface area contributed by atoms with E-state index in [-0.39, 0.29) is 24.8 Å². The van der Waals surface area contributed by atoms with Crippen molar-refractivity contribution < 1.29 is 28.6 Å². The van der Waals surface area contributed by atoms with Gasteiger partial charge in [0.1, 0.15) is 0 Å². The van der Waals surface area contributed by atoms with Crippen LogP contribution in [0.25, 0.3) is 21.9 Å². The Balaban J connectivity index is 0.000000247. The zero-order valence-corrected chi connectivity index (χ0v) is 27.5. The molecule has 0 spiro atoms. The van der Waals surface area contributed by atoms with Crippen molar-refractivity contribution in [2.45, 2.75) is 48.0 Å². The van der Waals surface area contributed by atoms with Crippen molar-refractivity contribution in [3.05, 3.63) is 143 Å². The Morgan fingerprint density at radius 2 is 0.745 bits per heavy atom. The monoisotopic (exact) mass is 634 g/mol. The van der Waals surface area contributed by atoms with Gasteiger partial charge < -0.3 is 14.2 Å². The Bertz CT molecular complexity index is 1720. The van der Waals surface area contributed by atoms with E-state index in [1.54, 1.807) is 42.1 Å². The Morgan fingerprint density at radius 3 is 1.19 bits per heavy atom. The molecule has 0 amide bonds. The zero-order chi connectivity index (χ0) is 33.5. The highest BCUT2D eigenvalue weighted by Gasteiger charge is 2.03. The van der Waals surface area contributed by atoms with E-state index in [4.69, 9.17) is 14.2 Å². The zero-order valence-electron chi connectivity index (χ0n) is 27.5. The SMILES string of the molecule is C.COCc1ccc(-c2ccc(C(C)=O)cc2)cc1.COCc1ccc(C(C)=O)cc1.COCc1ccc2cc(C(C)=O)ccc2c1. The summed E-state index contributed by atoms with van der Waals surface area (Å²) in [4.78, 5) is 33.3. The lowest BCUT2D eigenvalue weighted by atomic mass is 10.0. The van der Waals surface area contributed by atoms with Crippen LogP contribution in [0.3, 0.4) is 0 Å². The van der Waals surface area contributed by atoms with E-state index < -0.39 is 0 Å². The second-order valence-corrected chi connectivity index (χ2v) is 10.8. The predicted molar refractivity (Wildman–Crippen MR) is 191 cm³/mol. The first kappa shape index (κ1) is 38.4.